The molecule has 1 aliphatic rings. The summed E-state index contributed by atoms with van der Waals surface area (Å²) in [6, 6.07) is 8.40. The molecule has 0 atom stereocenters. The average Bonchev–Trinajstić information content (AvgIpc) is 2.74. The highest BCUT2D eigenvalue weighted by Gasteiger charge is 2.49. The molecular formula is C19H20Cl3NO3. The van der Waals surface area contributed by atoms with Gasteiger partial charge in [-0.25, -0.2) is 0 Å². The molecule has 2 aromatic rings. The summed E-state index contributed by atoms with van der Waals surface area (Å²) in [6.45, 7) is 7.94. The predicted octanol–water partition coefficient (Wildman–Crippen LogP) is 6.62. The van der Waals surface area contributed by atoms with E-state index in [1.165, 1.54) is 0 Å². The van der Waals surface area contributed by atoms with Crippen molar-refractivity contribution in [3.63, 3.8) is 0 Å². The van der Waals surface area contributed by atoms with E-state index < -0.39 is 17.5 Å². The van der Waals surface area contributed by atoms with Crippen LogP contribution in [0.1, 0.15) is 39.5 Å². The average molecular weight is 417 g/mol. The Kier molecular flexibility index (Phi) is 5.10. The molecule has 4 nitrogen and oxygen atoms in total. The van der Waals surface area contributed by atoms with Crippen molar-refractivity contribution in [2.24, 2.45) is 0 Å². The maximum Gasteiger partial charge on any atom is 0.185 e. The lowest BCUT2D eigenvalue weighted by Gasteiger charge is -2.30. The SMILES string of the molecule is CC1(C)OC(c2cc(Cl)c(Oc3ccc(N)c(Cl)c3)c(Cl)c2)OC1(C)C. The molecule has 2 N–H and O–H groups in total. The van der Waals surface area contributed by atoms with Crippen LogP contribution in [0.3, 0.4) is 0 Å². The van der Waals surface area contributed by atoms with Gasteiger partial charge < -0.3 is 19.9 Å². The number of benzene rings is 2. The Morgan fingerprint density at radius 3 is 1.92 bits per heavy atom. The second-order valence-electron chi connectivity index (χ2n) is 7.19. The first-order valence-electron chi connectivity index (χ1n) is 8.07. The molecule has 0 aromatic heterocycles. The number of nitrogens with two attached hydrogens (primary N) is 1. The number of rotatable bonds is 3. The predicted molar refractivity (Wildman–Crippen MR) is 105 cm³/mol. The highest BCUT2D eigenvalue weighted by molar-refractivity contribution is 6.37. The van der Waals surface area contributed by atoms with Crippen LogP contribution in [0.2, 0.25) is 15.1 Å². The number of ether oxygens (including phenoxy) is 3. The Morgan fingerprint density at radius 2 is 1.42 bits per heavy atom. The van der Waals surface area contributed by atoms with Crippen LogP contribution in [0.5, 0.6) is 11.5 Å². The van der Waals surface area contributed by atoms with E-state index in [-0.39, 0.29) is 0 Å². The first kappa shape index (κ1) is 19.6. The van der Waals surface area contributed by atoms with Crippen molar-refractivity contribution in [1.29, 1.82) is 0 Å². The van der Waals surface area contributed by atoms with Gasteiger partial charge in [0.15, 0.2) is 12.0 Å². The van der Waals surface area contributed by atoms with Crippen molar-refractivity contribution < 1.29 is 14.2 Å². The third-order valence-corrected chi connectivity index (χ3v) is 5.63. The van der Waals surface area contributed by atoms with Crippen molar-refractivity contribution >= 4 is 40.5 Å². The number of hydrogen-bond donors (Lipinski definition) is 1. The van der Waals surface area contributed by atoms with Crippen LogP contribution in [0.15, 0.2) is 30.3 Å². The van der Waals surface area contributed by atoms with Crippen molar-refractivity contribution in [1.82, 2.24) is 0 Å². The van der Waals surface area contributed by atoms with Gasteiger partial charge in [0, 0.05) is 11.6 Å². The maximum absolute atomic E-state index is 6.40. The molecule has 3 rings (SSSR count). The van der Waals surface area contributed by atoms with E-state index in [1.54, 1.807) is 30.3 Å². The highest BCUT2D eigenvalue weighted by Crippen LogP contribution is 2.47. The summed E-state index contributed by atoms with van der Waals surface area (Å²) in [4.78, 5) is 0. The fraction of sp³-hybridized carbons (Fsp3) is 0.368. The highest BCUT2D eigenvalue weighted by atomic mass is 35.5. The molecule has 0 aliphatic carbocycles. The summed E-state index contributed by atoms with van der Waals surface area (Å²) < 4.78 is 17.9. The van der Waals surface area contributed by atoms with Gasteiger partial charge in [0.2, 0.25) is 0 Å². The van der Waals surface area contributed by atoms with Crippen molar-refractivity contribution in [3.8, 4) is 11.5 Å². The van der Waals surface area contributed by atoms with Crippen LogP contribution < -0.4 is 10.5 Å². The molecule has 0 amide bonds. The molecule has 0 unspecified atom stereocenters. The molecule has 0 spiro atoms. The van der Waals surface area contributed by atoms with Gasteiger partial charge in [-0.05, 0) is 52.0 Å². The molecule has 0 radical (unpaired) electrons. The zero-order valence-electron chi connectivity index (χ0n) is 14.9. The summed E-state index contributed by atoms with van der Waals surface area (Å²) in [5, 5.41) is 1.08. The van der Waals surface area contributed by atoms with Gasteiger partial charge in [-0.15, -0.1) is 0 Å². The van der Waals surface area contributed by atoms with E-state index in [2.05, 4.69) is 0 Å². The lowest BCUT2D eigenvalue weighted by atomic mass is 9.90. The second-order valence-corrected chi connectivity index (χ2v) is 8.41. The lowest BCUT2D eigenvalue weighted by molar-refractivity contribution is -0.0895. The zero-order chi connectivity index (χ0) is 19.3. The summed E-state index contributed by atoms with van der Waals surface area (Å²) in [6.07, 6.45) is -0.560. The molecule has 1 fully saturated rings. The third-order valence-electron chi connectivity index (χ3n) is 4.74. The normalized spacial score (nSPS) is 18.9. The maximum atomic E-state index is 6.40. The van der Waals surface area contributed by atoms with Crippen LogP contribution >= 0.6 is 34.8 Å². The molecule has 0 saturated carbocycles. The number of halogens is 3. The van der Waals surface area contributed by atoms with E-state index in [4.69, 9.17) is 54.7 Å². The zero-order valence-corrected chi connectivity index (χ0v) is 17.2. The Morgan fingerprint density at radius 1 is 0.885 bits per heavy atom. The minimum atomic E-state index is -0.560. The van der Waals surface area contributed by atoms with Crippen molar-refractivity contribution in [3.05, 3.63) is 51.0 Å². The minimum absolute atomic E-state index is 0.328. The largest absolute Gasteiger partial charge is 0.454 e. The smallest absolute Gasteiger partial charge is 0.185 e. The van der Waals surface area contributed by atoms with Gasteiger partial charge in [0.05, 0.1) is 32.0 Å². The van der Waals surface area contributed by atoms with Gasteiger partial charge in [-0.3, -0.25) is 0 Å². The van der Waals surface area contributed by atoms with Gasteiger partial charge >= 0.3 is 0 Å². The molecule has 7 heteroatoms. The van der Waals surface area contributed by atoms with Crippen LogP contribution in [-0.4, -0.2) is 11.2 Å². The standard InChI is InChI=1S/C19H20Cl3NO3/c1-18(2)19(3,4)26-17(25-18)10-7-13(21)16(14(22)8-10)24-11-5-6-15(23)12(20)9-11/h5-9,17H,23H2,1-4H3. The fourth-order valence-corrected chi connectivity index (χ4v) is 3.23. The summed E-state index contributed by atoms with van der Waals surface area (Å²) in [5.41, 5.74) is 5.99. The molecule has 140 valence electrons. The first-order valence-corrected chi connectivity index (χ1v) is 9.21. The van der Waals surface area contributed by atoms with E-state index in [0.717, 1.165) is 5.56 Å². The van der Waals surface area contributed by atoms with Gasteiger partial charge in [-0.2, -0.15) is 0 Å². The Bertz CT molecular complexity index is 813. The van der Waals surface area contributed by atoms with Crippen LogP contribution in [-0.2, 0) is 9.47 Å². The Balaban J connectivity index is 1.88. The molecule has 1 aliphatic heterocycles. The van der Waals surface area contributed by atoms with E-state index in [0.29, 0.717) is 32.3 Å². The molecule has 1 heterocycles. The van der Waals surface area contributed by atoms with Crippen molar-refractivity contribution in [2.45, 2.75) is 45.2 Å². The number of hydrogen-bond acceptors (Lipinski definition) is 4. The molecular weight excluding hydrogens is 397 g/mol. The molecule has 26 heavy (non-hydrogen) atoms. The monoisotopic (exact) mass is 415 g/mol. The van der Waals surface area contributed by atoms with Crippen LogP contribution in [0.4, 0.5) is 5.69 Å². The lowest BCUT2D eigenvalue weighted by Crippen LogP contribution is -2.41. The molecule has 0 bridgehead atoms. The molecule has 1 saturated heterocycles. The minimum Gasteiger partial charge on any atom is -0.454 e. The third kappa shape index (κ3) is 3.62. The van der Waals surface area contributed by atoms with E-state index in [9.17, 15) is 0 Å². The summed E-state index contributed by atoms with van der Waals surface area (Å²) >= 11 is 18.8. The van der Waals surface area contributed by atoms with Gasteiger partial charge in [0.1, 0.15) is 5.75 Å². The topological polar surface area (TPSA) is 53.7 Å². The van der Waals surface area contributed by atoms with Gasteiger partial charge in [0.25, 0.3) is 0 Å². The number of nitrogen functional groups attached to an aromatic ring is 1. The van der Waals surface area contributed by atoms with E-state index >= 15 is 0 Å². The summed E-state index contributed by atoms with van der Waals surface area (Å²) in [5.74, 6) is 0.811. The Labute approximate surface area is 168 Å². The second kappa shape index (κ2) is 6.77. The van der Waals surface area contributed by atoms with Gasteiger partial charge in [-0.1, -0.05) is 34.8 Å². The first-order chi connectivity index (χ1) is 12.0. The van der Waals surface area contributed by atoms with Crippen LogP contribution in [0, 0.1) is 0 Å². The quantitative estimate of drug-likeness (QED) is 0.571. The van der Waals surface area contributed by atoms with Crippen molar-refractivity contribution in [2.75, 3.05) is 5.73 Å². The Hall–Kier alpha value is -1.17. The van der Waals surface area contributed by atoms with E-state index in [1.807, 2.05) is 27.7 Å². The van der Waals surface area contributed by atoms with Crippen LogP contribution in [0.25, 0.3) is 0 Å². The number of anilines is 1. The fourth-order valence-electron chi connectivity index (χ4n) is 2.48. The summed E-state index contributed by atoms with van der Waals surface area (Å²) in [7, 11) is 0. The molecule has 2 aromatic carbocycles.